The average molecular weight is 700 g/mol. The molecule has 0 aliphatic heterocycles. The number of aryl methyl sites for hydroxylation is 1. The maximum absolute atomic E-state index is 13.6. The molecule has 10 nitrogen and oxygen atoms in total. The Labute approximate surface area is 292 Å². The second-order valence-corrected chi connectivity index (χ2v) is 13.4. The number of aromatic hydroxyl groups is 1. The minimum absolute atomic E-state index is 0.0134. The Morgan fingerprint density at radius 2 is 1.67 bits per heavy atom. The Morgan fingerprint density at radius 1 is 0.898 bits per heavy atom. The van der Waals surface area contributed by atoms with Crippen LogP contribution in [0.3, 0.4) is 0 Å². The largest absolute Gasteiger partial charge is 0.508 e. The third-order valence-electron chi connectivity index (χ3n) is 7.82. The van der Waals surface area contributed by atoms with Crippen LogP contribution in [0.15, 0.2) is 83.4 Å². The summed E-state index contributed by atoms with van der Waals surface area (Å²) >= 11 is 2.73. The SMILES string of the molecule is COC(=O)c1c(NC(=O)CSc2cccc(NC(=O)/C(=C\c3ccc(O)cc3OC)NC(=O)c3ccccc3)c2)sc2c1CCCCCC2. The second-order valence-electron chi connectivity index (χ2n) is 11.2. The summed E-state index contributed by atoms with van der Waals surface area (Å²) in [6.45, 7) is 0. The zero-order valence-corrected chi connectivity index (χ0v) is 28.8. The van der Waals surface area contributed by atoms with Gasteiger partial charge in [0, 0.05) is 32.7 Å². The first-order chi connectivity index (χ1) is 23.7. The van der Waals surface area contributed by atoms with E-state index in [-0.39, 0.29) is 23.1 Å². The number of carbonyl (C=O) groups excluding carboxylic acids is 4. The summed E-state index contributed by atoms with van der Waals surface area (Å²) in [6, 6.07) is 19.9. The van der Waals surface area contributed by atoms with Crippen molar-refractivity contribution in [2.24, 2.45) is 0 Å². The van der Waals surface area contributed by atoms with Crippen molar-refractivity contribution in [1.82, 2.24) is 5.32 Å². The van der Waals surface area contributed by atoms with Gasteiger partial charge in [-0.15, -0.1) is 23.1 Å². The maximum Gasteiger partial charge on any atom is 0.341 e. The summed E-state index contributed by atoms with van der Waals surface area (Å²) < 4.78 is 10.4. The lowest BCUT2D eigenvalue weighted by atomic mass is 9.96. The number of thiophene rings is 1. The monoisotopic (exact) mass is 699 g/mol. The highest BCUT2D eigenvalue weighted by Crippen LogP contribution is 2.38. The van der Waals surface area contributed by atoms with E-state index in [2.05, 4.69) is 16.0 Å². The van der Waals surface area contributed by atoms with Gasteiger partial charge in [0.2, 0.25) is 5.91 Å². The number of rotatable bonds is 11. The van der Waals surface area contributed by atoms with Gasteiger partial charge in [-0.3, -0.25) is 14.4 Å². The number of carbonyl (C=O) groups is 4. The van der Waals surface area contributed by atoms with Crippen LogP contribution in [0.4, 0.5) is 10.7 Å². The molecule has 3 amide bonds. The molecule has 0 bridgehead atoms. The highest BCUT2D eigenvalue weighted by atomic mass is 32.2. The zero-order chi connectivity index (χ0) is 34.8. The third kappa shape index (κ3) is 9.30. The smallest absolute Gasteiger partial charge is 0.341 e. The second kappa shape index (κ2) is 16.8. The van der Waals surface area contributed by atoms with E-state index in [0.29, 0.717) is 33.1 Å². The van der Waals surface area contributed by atoms with Gasteiger partial charge >= 0.3 is 5.97 Å². The molecule has 49 heavy (non-hydrogen) atoms. The Bertz CT molecular complexity index is 1870. The fraction of sp³-hybridized carbons (Fsp3) is 0.243. The topological polar surface area (TPSA) is 143 Å². The summed E-state index contributed by atoms with van der Waals surface area (Å²) in [7, 11) is 2.79. The molecule has 254 valence electrons. The molecule has 1 aromatic heterocycles. The number of hydrogen-bond donors (Lipinski definition) is 4. The molecule has 4 N–H and O–H groups in total. The molecule has 0 saturated heterocycles. The Morgan fingerprint density at radius 3 is 2.43 bits per heavy atom. The molecule has 1 aliphatic rings. The van der Waals surface area contributed by atoms with E-state index in [0.717, 1.165) is 53.9 Å². The van der Waals surface area contributed by atoms with Crippen LogP contribution in [-0.4, -0.2) is 48.8 Å². The molecule has 0 radical (unpaired) electrons. The summed E-state index contributed by atoms with van der Waals surface area (Å²) in [5, 5.41) is 18.9. The maximum atomic E-state index is 13.6. The minimum atomic E-state index is -0.595. The highest BCUT2D eigenvalue weighted by molar-refractivity contribution is 8.00. The van der Waals surface area contributed by atoms with Gasteiger partial charge in [-0.05, 0) is 79.8 Å². The minimum Gasteiger partial charge on any atom is -0.508 e. The van der Waals surface area contributed by atoms with E-state index in [4.69, 9.17) is 9.47 Å². The van der Waals surface area contributed by atoms with Crippen molar-refractivity contribution in [3.63, 3.8) is 0 Å². The lowest BCUT2D eigenvalue weighted by molar-refractivity contribution is -0.114. The quantitative estimate of drug-likeness (QED) is 0.0742. The van der Waals surface area contributed by atoms with Gasteiger partial charge in [-0.25, -0.2) is 4.79 Å². The molecule has 0 atom stereocenters. The number of thioether (sulfide) groups is 1. The first kappa shape index (κ1) is 35.2. The van der Waals surface area contributed by atoms with Crippen molar-refractivity contribution in [2.45, 2.75) is 43.4 Å². The van der Waals surface area contributed by atoms with Gasteiger partial charge < -0.3 is 30.5 Å². The number of hydrogen-bond acceptors (Lipinski definition) is 9. The molecule has 5 rings (SSSR count). The molecule has 4 aromatic rings. The normalized spacial score (nSPS) is 12.9. The van der Waals surface area contributed by atoms with Crippen LogP contribution >= 0.6 is 23.1 Å². The van der Waals surface area contributed by atoms with Crippen LogP contribution in [0, 0.1) is 0 Å². The van der Waals surface area contributed by atoms with Gasteiger partial charge in [-0.1, -0.05) is 37.1 Å². The Hall–Kier alpha value is -5.07. The lowest BCUT2D eigenvalue weighted by Crippen LogP contribution is -2.30. The van der Waals surface area contributed by atoms with Crippen molar-refractivity contribution in [3.8, 4) is 11.5 Å². The van der Waals surface area contributed by atoms with E-state index in [1.165, 1.54) is 55.5 Å². The number of phenolic OH excluding ortho intramolecular Hbond substituents is 1. The number of fused-ring (bicyclic) bond motifs is 1. The molecule has 0 fully saturated rings. The summed E-state index contributed by atoms with van der Waals surface area (Å²) in [6.07, 6.45) is 7.43. The molecule has 0 spiro atoms. The van der Waals surface area contributed by atoms with Gasteiger partial charge in [0.05, 0.1) is 25.5 Å². The number of nitrogens with one attached hydrogen (secondary N) is 3. The summed E-state index contributed by atoms with van der Waals surface area (Å²) in [4.78, 5) is 54.3. The van der Waals surface area contributed by atoms with Crippen molar-refractivity contribution >= 4 is 63.6 Å². The Kier molecular flexibility index (Phi) is 12.1. The predicted molar refractivity (Wildman–Crippen MR) is 193 cm³/mol. The average Bonchev–Trinajstić information content (AvgIpc) is 3.42. The number of esters is 1. The molecular weight excluding hydrogens is 663 g/mol. The van der Waals surface area contributed by atoms with Gasteiger partial charge in [0.1, 0.15) is 22.2 Å². The van der Waals surface area contributed by atoms with E-state index >= 15 is 0 Å². The molecule has 1 aliphatic carbocycles. The molecule has 3 aromatic carbocycles. The zero-order valence-electron chi connectivity index (χ0n) is 27.2. The van der Waals surface area contributed by atoms with Gasteiger partial charge in [-0.2, -0.15) is 0 Å². The first-order valence-corrected chi connectivity index (χ1v) is 17.6. The number of anilines is 2. The van der Waals surface area contributed by atoms with Crippen LogP contribution in [0.5, 0.6) is 11.5 Å². The number of benzene rings is 3. The third-order valence-corrected chi connectivity index (χ3v) is 10.0. The first-order valence-electron chi connectivity index (χ1n) is 15.8. The fourth-order valence-electron chi connectivity index (χ4n) is 5.42. The Balaban J connectivity index is 1.29. The molecule has 0 saturated carbocycles. The van der Waals surface area contributed by atoms with E-state index in [1.54, 1.807) is 54.6 Å². The van der Waals surface area contributed by atoms with Crippen LogP contribution in [0.25, 0.3) is 6.08 Å². The van der Waals surface area contributed by atoms with E-state index in [9.17, 15) is 24.3 Å². The van der Waals surface area contributed by atoms with Crippen molar-refractivity contribution < 1.29 is 33.8 Å². The van der Waals surface area contributed by atoms with Crippen LogP contribution in [0.1, 0.15) is 62.4 Å². The van der Waals surface area contributed by atoms with E-state index < -0.39 is 17.8 Å². The number of phenols is 1. The van der Waals surface area contributed by atoms with E-state index in [1.807, 2.05) is 6.07 Å². The lowest BCUT2D eigenvalue weighted by Gasteiger charge is -2.13. The molecule has 12 heteroatoms. The van der Waals surface area contributed by atoms with Gasteiger partial charge in [0.25, 0.3) is 11.8 Å². The number of amides is 3. The fourth-order valence-corrected chi connectivity index (χ4v) is 7.46. The molecule has 1 heterocycles. The number of ether oxygens (including phenoxy) is 2. The van der Waals surface area contributed by atoms with Crippen LogP contribution in [0.2, 0.25) is 0 Å². The van der Waals surface area contributed by atoms with Crippen LogP contribution < -0.4 is 20.7 Å². The standard InChI is InChI=1S/C37H37N3O7S2/c1-46-30-21-26(41)18-17-24(30)19-29(39-34(43)23-11-6-5-7-12-23)35(44)38-25-13-10-14-27(20-25)48-22-32(42)40-36-33(37(45)47-2)28-15-8-3-4-9-16-31(28)49-36/h5-7,10-14,17-21,41H,3-4,8-9,15-16,22H2,1-2H3,(H,38,44)(H,39,43)(H,40,42)/b29-19+. The molecule has 0 unspecified atom stereocenters. The summed E-state index contributed by atoms with van der Waals surface area (Å²) in [5.41, 5.74) is 2.66. The number of methoxy groups -OCH3 is 2. The molecular formula is C37H37N3O7S2. The van der Waals surface area contributed by atoms with Crippen molar-refractivity contribution in [3.05, 3.63) is 106 Å². The van der Waals surface area contributed by atoms with Crippen molar-refractivity contribution in [1.29, 1.82) is 0 Å². The van der Waals surface area contributed by atoms with Crippen LogP contribution in [-0.2, 0) is 27.2 Å². The van der Waals surface area contributed by atoms with Crippen molar-refractivity contribution in [2.75, 3.05) is 30.6 Å². The van der Waals surface area contributed by atoms with Gasteiger partial charge in [0.15, 0.2) is 0 Å². The predicted octanol–water partition coefficient (Wildman–Crippen LogP) is 7.05. The highest BCUT2D eigenvalue weighted by Gasteiger charge is 2.26. The summed E-state index contributed by atoms with van der Waals surface area (Å²) in [5.74, 6) is -1.42.